The maximum Gasteiger partial charge on any atom is 0.223 e. The molecule has 0 saturated carbocycles. The van der Waals surface area contributed by atoms with Gasteiger partial charge in [0.05, 0.1) is 18.4 Å². The maximum absolute atomic E-state index is 13.9. The Hall–Kier alpha value is -2.02. The van der Waals surface area contributed by atoms with Crippen LogP contribution in [0.1, 0.15) is 23.6 Å². The van der Waals surface area contributed by atoms with Crippen molar-refractivity contribution in [2.75, 3.05) is 6.54 Å². The number of carbonyl (C=O) groups excluding carboxylic acids is 1. The Balaban J connectivity index is 1.81. The third kappa shape index (κ3) is 2.93. The van der Waals surface area contributed by atoms with Crippen molar-refractivity contribution in [2.45, 2.75) is 18.9 Å². The highest BCUT2D eigenvalue weighted by Gasteiger charge is 2.33. The van der Waals surface area contributed by atoms with Gasteiger partial charge in [0.2, 0.25) is 11.2 Å². The number of hydrogen-bond donors (Lipinski definition) is 0. The van der Waals surface area contributed by atoms with E-state index in [1.807, 2.05) is 0 Å². The molecule has 1 aromatic heterocycles. The molecule has 0 radical (unpaired) electrons. The van der Waals surface area contributed by atoms with E-state index in [4.69, 9.17) is 11.6 Å². The summed E-state index contributed by atoms with van der Waals surface area (Å²) < 4.78 is 42.2. The lowest BCUT2D eigenvalue weighted by Crippen LogP contribution is -2.25. The van der Waals surface area contributed by atoms with Crippen molar-refractivity contribution in [2.24, 2.45) is 7.05 Å². The monoisotopic (exact) mass is 343 g/mol. The van der Waals surface area contributed by atoms with Crippen LogP contribution in [-0.2, 0) is 18.4 Å². The second kappa shape index (κ2) is 5.88. The van der Waals surface area contributed by atoms with Crippen LogP contribution in [0.4, 0.5) is 13.2 Å². The minimum atomic E-state index is -1.25. The topological polar surface area (TPSA) is 38.1 Å². The van der Waals surface area contributed by atoms with Crippen LogP contribution < -0.4 is 0 Å². The zero-order chi connectivity index (χ0) is 16.7. The van der Waals surface area contributed by atoms with Crippen molar-refractivity contribution in [1.29, 1.82) is 0 Å². The van der Waals surface area contributed by atoms with Crippen LogP contribution in [-0.4, -0.2) is 26.9 Å². The van der Waals surface area contributed by atoms with Crippen molar-refractivity contribution >= 4 is 17.5 Å². The molecule has 1 unspecified atom stereocenters. The van der Waals surface area contributed by atoms with Crippen molar-refractivity contribution in [3.8, 4) is 0 Å². The van der Waals surface area contributed by atoms with E-state index in [9.17, 15) is 18.0 Å². The molecule has 0 aliphatic carbocycles. The first kappa shape index (κ1) is 15.9. The van der Waals surface area contributed by atoms with Gasteiger partial charge < -0.3 is 9.47 Å². The second-order valence-electron chi connectivity index (χ2n) is 5.54. The lowest BCUT2D eigenvalue weighted by atomic mass is 9.97. The van der Waals surface area contributed by atoms with E-state index in [0.29, 0.717) is 11.3 Å². The highest BCUT2D eigenvalue weighted by Crippen LogP contribution is 2.32. The molecule has 1 aliphatic heterocycles. The zero-order valence-electron chi connectivity index (χ0n) is 12.2. The van der Waals surface area contributed by atoms with Gasteiger partial charge in [-0.25, -0.2) is 18.2 Å². The van der Waals surface area contributed by atoms with Gasteiger partial charge in [-0.05, 0) is 23.2 Å². The van der Waals surface area contributed by atoms with E-state index in [-0.39, 0.29) is 31.0 Å². The molecule has 1 amide bonds. The normalized spacial score (nSPS) is 18.0. The van der Waals surface area contributed by atoms with E-state index < -0.39 is 23.4 Å². The van der Waals surface area contributed by atoms with Crippen LogP contribution >= 0.6 is 11.6 Å². The number of carbonyl (C=O) groups is 1. The molecule has 1 aliphatic rings. The predicted octanol–water partition coefficient (Wildman–Crippen LogP) is 3.01. The van der Waals surface area contributed by atoms with E-state index in [0.717, 1.165) is 11.8 Å². The molecule has 23 heavy (non-hydrogen) atoms. The predicted molar refractivity (Wildman–Crippen MR) is 77.3 cm³/mol. The Kier molecular flexibility index (Phi) is 4.06. The van der Waals surface area contributed by atoms with Crippen LogP contribution in [0.2, 0.25) is 5.28 Å². The largest absolute Gasteiger partial charge is 0.336 e. The lowest BCUT2D eigenvalue weighted by molar-refractivity contribution is -0.128. The fourth-order valence-electron chi connectivity index (χ4n) is 2.77. The van der Waals surface area contributed by atoms with Gasteiger partial charge in [0.15, 0.2) is 11.6 Å². The first-order valence-electron chi connectivity index (χ1n) is 6.95. The van der Waals surface area contributed by atoms with E-state index >= 15 is 0 Å². The second-order valence-corrected chi connectivity index (χ2v) is 5.88. The van der Waals surface area contributed by atoms with Crippen LogP contribution in [0.25, 0.3) is 0 Å². The Morgan fingerprint density at radius 1 is 1.35 bits per heavy atom. The molecule has 1 aromatic carbocycles. The number of amides is 1. The fourth-order valence-corrected chi connectivity index (χ4v) is 2.93. The van der Waals surface area contributed by atoms with Gasteiger partial charge in [0, 0.05) is 32.0 Å². The number of imidazole rings is 1. The van der Waals surface area contributed by atoms with Gasteiger partial charge in [-0.2, -0.15) is 0 Å². The van der Waals surface area contributed by atoms with Crippen molar-refractivity contribution in [1.82, 2.24) is 14.5 Å². The lowest BCUT2D eigenvalue weighted by Gasteiger charge is -2.17. The summed E-state index contributed by atoms with van der Waals surface area (Å²) in [4.78, 5) is 17.5. The summed E-state index contributed by atoms with van der Waals surface area (Å²) in [5.41, 5.74) is 0.608. The van der Waals surface area contributed by atoms with E-state index in [1.54, 1.807) is 17.8 Å². The van der Waals surface area contributed by atoms with Crippen LogP contribution in [0.5, 0.6) is 0 Å². The summed E-state index contributed by atoms with van der Waals surface area (Å²) in [5.74, 6) is -4.00. The minimum Gasteiger partial charge on any atom is -0.336 e. The van der Waals surface area contributed by atoms with Gasteiger partial charge in [-0.15, -0.1) is 0 Å². The first-order valence-corrected chi connectivity index (χ1v) is 7.33. The zero-order valence-corrected chi connectivity index (χ0v) is 12.9. The molecule has 2 aromatic rings. The molecule has 1 atom stereocenters. The molecule has 0 N–H and O–H groups in total. The van der Waals surface area contributed by atoms with Crippen LogP contribution in [0.3, 0.4) is 0 Å². The number of benzene rings is 1. The number of rotatable bonds is 3. The summed E-state index contributed by atoms with van der Waals surface area (Å²) in [7, 11) is 1.71. The summed E-state index contributed by atoms with van der Waals surface area (Å²) in [6.07, 6.45) is 1.55. The third-order valence-corrected chi connectivity index (χ3v) is 4.41. The highest BCUT2D eigenvalue weighted by atomic mass is 35.5. The highest BCUT2D eigenvalue weighted by molar-refractivity contribution is 6.28. The Morgan fingerprint density at radius 3 is 2.74 bits per heavy atom. The van der Waals surface area contributed by atoms with Crippen molar-refractivity contribution in [3.05, 3.63) is 52.3 Å². The first-order chi connectivity index (χ1) is 10.9. The van der Waals surface area contributed by atoms with Gasteiger partial charge >= 0.3 is 0 Å². The average Bonchev–Trinajstić information content (AvgIpc) is 3.01. The van der Waals surface area contributed by atoms with Crippen molar-refractivity contribution in [3.63, 3.8) is 0 Å². The summed E-state index contributed by atoms with van der Waals surface area (Å²) in [5, 5.41) is 0.293. The quantitative estimate of drug-likeness (QED) is 0.804. The van der Waals surface area contributed by atoms with Gasteiger partial charge in [-0.1, -0.05) is 0 Å². The molecule has 0 bridgehead atoms. The molecule has 1 fully saturated rings. The molecular weight excluding hydrogens is 331 g/mol. The molecule has 122 valence electrons. The standard InChI is InChI=1S/C15H13ClF3N3O/c1-21-10(5-20-15(21)16)7-22-6-8(2-13(22)23)11-3-9(17)4-12(18)14(11)19/h3-5,8H,2,6-7H2,1H3. The van der Waals surface area contributed by atoms with Gasteiger partial charge in [0.1, 0.15) is 5.82 Å². The number of likely N-dealkylation sites (tertiary alicyclic amines) is 1. The Labute approximate surface area is 135 Å². The smallest absolute Gasteiger partial charge is 0.223 e. The molecule has 4 nitrogen and oxygen atoms in total. The summed E-state index contributed by atoms with van der Waals surface area (Å²) in [6, 6.07) is 1.44. The minimum absolute atomic E-state index is 0.00535. The maximum atomic E-state index is 13.9. The van der Waals surface area contributed by atoms with E-state index in [2.05, 4.69) is 4.98 Å². The average molecular weight is 344 g/mol. The number of halogens is 4. The molecular formula is C15H13ClF3N3O. The molecule has 8 heteroatoms. The Bertz CT molecular complexity index is 778. The summed E-state index contributed by atoms with van der Waals surface area (Å²) >= 11 is 5.85. The van der Waals surface area contributed by atoms with Crippen LogP contribution in [0, 0.1) is 17.5 Å². The third-order valence-electron chi connectivity index (χ3n) is 4.06. The van der Waals surface area contributed by atoms with Crippen LogP contribution in [0.15, 0.2) is 18.3 Å². The fraction of sp³-hybridized carbons (Fsp3) is 0.333. The molecule has 3 rings (SSSR count). The molecule has 2 heterocycles. The number of nitrogens with zero attached hydrogens (tertiary/aromatic N) is 3. The van der Waals surface area contributed by atoms with E-state index in [1.165, 1.54) is 4.90 Å². The van der Waals surface area contributed by atoms with Gasteiger partial charge in [0.25, 0.3) is 0 Å². The Morgan fingerprint density at radius 2 is 2.09 bits per heavy atom. The summed E-state index contributed by atoms with van der Waals surface area (Å²) in [6.45, 7) is 0.437. The van der Waals surface area contributed by atoms with Crippen molar-refractivity contribution < 1.29 is 18.0 Å². The number of hydrogen-bond acceptors (Lipinski definition) is 2. The van der Waals surface area contributed by atoms with Gasteiger partial charge in [-0.3, -0.25) is 4.79 Å². The molecule has 0 spiro atoms. The molecule has 1 saturated heterocycles. The SMILES string of the molecule is Cn1c(CN2CC(c3cc(F)cc(F)c3F)CC2=O)cnc1Cl. The number of aromatic nitrogens is 2.